The zero-order chi connectivity index (χ0) is 15.2. The molecule has 0 radical (unpaired) electrons. The van der Waals surface area contributed by atoms with Crippen molar-refractivity contribution >= 4 is 5.97 Å². The van der Waals surface area contributed by atoms with Crippen LogP contribution < -0.4 is 0 Å². The molecule has 0 fully saturated rings. The van der Waals surface area contributed by atoms with Crippen molar-refractivity contribution in [1.82, 2.24) is 0 Å². The Morgan fingerprint density at radius 2 is 1.25 bits per heavy atom. The first-order chi connectivity index (χ1) is 9.56. The van der Waals surface area contributed by atoms with Crippen LogP contribution in [0.5, 0.6) is 0 Å². The molecule has 0 saturated carbocycles. The number of carbonyl (C=O) groups is 1. The van der Waals surface area contributed by atoms with Gasteiger partial charge in [0.25, 0.3) is 0 Å². The van der Waals surface area contributed by atoms with Crippen LogP contribution in [0.25, 0.3) is 0 Å². The minimum Gasteiger partial charge on any atom is -0.481 e. The number of rotatable bonds is 14. The number of hydrogen-bond acceptors (Lipinski definition) is 3. The fourth-order valence-electron chi connectivity index (χ4n) is 2.37. The summed E-state index contributed by atoms with van der Waals surface area (Å²) in [6.07, 6.45) is 10.1. The molecule has 0 saturated heterocycles. The van der Waals surface area contributed by atoms with Gasteiger partial charge in [-0.25, -0.2) is 0 Å². The maximum absolute atomic E-state index is 10.4. The second kappa shape index (κ2) is 13.4. The molecule has 0 amide bonds. The van der Waals surface area contributed by atoms with E-state index in [-0.39, 0.29) is 12.5 Å². The Balaban J connectivity index is 3.25. The SMILES string of the molecule is CCCCCC(O)CCCCCCCC(O)CC(=O)O. The number of carboxylic acid groups (broad SMARTS) is 1. The minimum atomic E-state index is -0.936. The second-order valence-electron chi connectivity index (χ2n) is 5.75. The number of aliphatic hydroxyl groups excluding tert-OH is 2. The van der Waals surface area contributed by atoms with E-state index in [1.807, 2.05) is 0 Å². The lowest BCUT2D eigenvalue weighted by atomic mass is 10.0. The Bertz CT molecular complexity index is 231. The third kappa shape index (κ3) is 13.8. The third-order valence-corrected chi connectivity index (χ3v) is 3.63. The molecule has 0 aliphatic carbocycles. The molecule has 4 heteroatoms. The van der Waals surface area contributed by atoms with Crippen molar-refractivity contribution in [2.45, 2.75) is 96.2 Å². The van der Waals surface area contributed by atoms with Crippen molar-refractivity contribution in [1.29, 1.82) is 0 Å². The molecule has 0 aromatic carbocycles. The predicted molar refractivity (Wildman–Crippen MR) is 80.7 cm³/mol. The van der Waals surface area contributed by atoms with Crippen molar-refractivity contribution in [3.63, 3.8) is 0 Å². The number of aliphatic carboxylic acids is 1. The van der Waals surface area contributed by atoms with Crippen molar-refractivity contribution < 1.29 is 20.1 Å². The van der Waals surface area contributed by atoms with E-state index in [1.165, 1.54) is 12.8 Å². The minimum absolute atomic E-state index is 0.140. The molecule has 0 heterocycles. The molecule has 0 aliphatic heterocycles. The highest BCUT2D eigenvalue weighted by molar-refractivity contribution is 5.67. The fraction of sp³-hybridized carbons (Fsp3) is 0.938. The summed E-state index contributed by atoms with van der Waals surface area (Å²) in [4.78, 5) is 10.4. The number of hydrogen-bond donors (Lipinski definition) is 3. The average Bonchev–Trinajstić information content (AvgIpc) is 2.37. The van der Waals surface area contributed by atoms with Crippen molar-refractivity contribution in [3.05, 3.63) is 0 Å². The normalized spacial score (nSPS) is 14.2. The molecule has 0 spiro atoms. The van der Waals surface area contributed by atoms with Gasteiger partial charge < -0.3 is 15.3 Å². The van der Waals surface area contributed by atoms with Gasteiger partial charge in [-0.3, -0.25) is 4.79 Å². The van der Waals surface area contributed by atoms with Gasteiger partial charge in [0.1, 0.15) is 0 Å². The van der Waals surface area contributed by atoms with Crippen LogP contribution in [0.3, 0.4) is 0 Å². The van der Waals surface area contributed by atoms with Gasteiger partial charge in [0, 0.05) is 0 Å². The van der Waals surface area contributed by atoms with Gasteiger partial charge in [0.05, 0.1) is 18.6 Å². The summed E-state index contributed by atoms with van der Waals surface area (Å²) in [7, 11) is 0. The van der Waals surface area contributed by atoms with E-state index in [0.717, 1.165) is 51.4 Å². The molecule has 0 aromatic heterocycles. The van der Waals surface area contributed by atoms with E-state index in [1.54, 1.807) is 0 Å². The zero-order valence-corrected chi connectivity index (χ0v) is 12.9. The largest absolute Gasteiger partial charge is 0.481 e. The summed E-state index contributed by atoms with van der Waals surface area (Å²) in [6.45, 7) is 2.17. The molecule has 0 aromatic rings. The Morgan fingerprint density at radius 3 is 1.75 bits per heavy atom. The van der Waals surface area contributed by atoms with Gasteiger partial charge in [-0.15, -0.1) is 0 Å². The molecule has 2 atom stereocenters. The van der Waals surface area contributed by atoms with Gasteiger partial charge in [0.15, 0.2) is 0 Å². The molecule has 4 nitrogen and oxygen atoms in total. The van der Waals surface area contributed by atoms with Crippen LogP contribution in [0.4, 0.5) is 0 Å². The lowest BCUT2D eigenvalue weighted by molar-refractivity contribution is -0.139. The van der Waals surface area contributed by atoms with Gasteiger partial charge in [-0.05, 0) is 19.3 Å². The van der Waals surface area contributed by atoms with E-state index in [4.69, 9.17) is 5.11 Å². The Labute approximate surface area is 123 Å². The van der Waals surface area contributed by atoms with Gasteiger partial charge in [-0.2, -0.15) is 0 Å². The highest BCUT2D eigenvalue weighted by Crippen LogP contribution is 2.13. The predicted octanol–water partition coefficient (Wildman–Crippen LogP) is 3.49. The number of carboxylic acids is 1. The van der Waals surface area contributed by atoms with Gasteiger partial charge in [0.2, 0.25) is 0 Å². The molecule has 3 N–H and O–H groups in total. The summed E-state index contributed by atoms with van der Waals surface area (Å²) >= 11 is 0. The van der Waals surface area contributed by atoms with Crippen LogP contribution in [0.2, 0.25) is 0 Å². The van der Waals surface area contributed by atoms with Crippen LogP contribution in [0, 0.1) is 0 Å². The van der Waals surface area contributed by atoms with Crippen LogP contribution in [-0.4, -0.2) is 33.5 Å². The molecule has 0 aliphatic rings. The number of unbranched alkanes of at least 4 members (excludes halogenated alkanes) is 6. The third-order valence-electron chi connectivity index (χ3n) is 3.63. The lowest BCUT2D eigenvalue weighted by Gasteiger charge is -2.10. The van der Waals surface area contributed by atoms with E-state index in [2.05, 4.69) is 6.92 Å². The van der Waals surface area contributed by atoms with E-state index >= 15 is 0 Å². The van der Waals surface area contributed by atoms with Gasteiger partial charge in [-0.1, -0.05) is 58.3 Å². The topological polar surface area (TPSA) is 77.8 Å². The first-order valence-electron chi connectivity index (χ1n) is 8.14. The highest BCUT2D eigenvalue weighted by Gasteiger charge is 2.08. The first-order valence-corrected chi connectivity index (χ1v) is 8.14. The number of aliphatic hydroxyl groups is 2. The van der Waals surface area contributed by atoms with Crippen molar-refractivity contribution in [3.8, 4) is 0 Å². The molecule has 2 unspecified atom stereocenters. The molecule has 0 bridgehead atoms. The highest BCUT2D eigenvalue weighted by atomic mass is 16.4. The first kappa shape index (κ1) is 19.4. The molecular formula is C16H32O4. The molecule has 0 rings (SSSR count). The smallest absolute Gasteiger partial charge is 0.305 e. The molecule has 120 valence electrons. The van der Waals surface area contributed by atoms with E-state index in [9.17, 15) is 15.0 Å². The summed E-state index contributed by atoms with van der Waals surface area (Å²) in [5, 5.41) is 27.6. The standard InChI is InChI=1S/C16H32O4/c1-2-3-7-10-14(17)11-8-5-4-6-9-12-15(18)13-16(19)20/h14-15,17-18H,2-13H2,1H3,(H,19,20). The monoisotopic (exact) mass is 288 g/mol. The molecular weight excluding hydrogens is 256 g/mol. The molecule has 20 heavy (non-hydrogen) atoms. The maximum Gasteiger partial charge on any atom is 0.305 e. The Kier molecular flexibility index (Phi) is 13.0. The zero-order valence-electron chi connectivity index (χ0n) is 12.9. The second-order valence-corrected chi connectivity index (χ2v) is 5.75. The van der Waals surface area contributed by atoms with Gasteiger partial charge >= 0.3 is 5.97 Å². The fourth-order valence-corrected chi connectivity index (χ4v) is 2.37. The Hall–Kier alpha value is -0.610. The summed E-state index contributed by atoms with van der Waals surface area (Å²) < 4.78 is 0. The summed E-state index contributed by atoms with van der Waals surface area (Å²) in [6, 6.07) is 0. The van der Waals surface area contributed by atoms with Crippen molar-refractivity contribution in [2.75, 3.05) is 0 Å². The van der Waals surface area contributed by atoms with Crippen LogP contribution in [0.1, 0.15) is 84.0 Å². The van der Waals surface area contributed by atoms with E-state index < -0.39 is 12.1 Å². The summed E-state index contributed by atoms with van der Waals surface area (Å²) in [5.74, 6) is -0.936. The van der Waals surface area contributed by atoms with Crippen LogP contribution in [0.15, 0.2) is 0 Å². The van der Waals surface area contributed by atoms with E-state index in [0.29, 0.717) is 6.42 Å². The quantitative estimate of drug-likeness (QED) is 0.428. The maximum atomic E-state index is 10.4. The van der Waals surface area contributed by atoms with Crippen molar-refractivity contribution in [2.24, 2.45) is 0 Å². The van der Waals surface area contributed by atoms with Crippen LogP contribution >= 0.6 is 0 Å². The summed E-state index contributed by atoms with van der Waals surface area (Å²) in [5.41, 5.74) is 0. The van der Waals surface area contributed by atoms with Crippen LogP contribution in [-0.2, 0) is 4.79 Å². The Morgan fingerprint density at radius 1 is 0.800 bits per heavy atom. The lowest BCUT2D eigenvalue weighted by Crippen LogP contribution is -2.12. The average molecular weight is 288 g/mol.